The number of nitrogens with two attached hydrogens (primary N) is 1. The third-order valence-electron chi connectivity index (χ3n) is 2.72. The Hall–Kier alpha value is -2.02. The number of carbonyl (C=O) groups is 1. The summed E-state index contributed by atoms with van der Waals surface area (Å²) in [5.74, 6) is -1.23. The molecule has 2 N–H and O–H groups in total. The van der Waals surface area contributed by atoms with Gasteiger partial charge < -0.3 is 9.47 Å². The van der Waals surface area contributed by atoms with Gasteiger partial charge in [-0.3, -0.25) is 5.73 Å². The van der Waals surface area contributed by atoms with Crippen molar-refractivity contribution < 1.29 is 27.4 Å². The van der Waals surface area contributed by atoms with E-state index < -0.39 is 23.4 Å². The molecule has 0 radical (unpaired) electrons. The Balaban J connectivity index is 2.62. The number of carbonyl (C=O) groups excluding carboxylic acids is 1. The zero-order valence-electron chi connectivity index (χ0n) is 9.82. The average Bonchev–Trinajstić information content (AvgIpc) is 2.35. The molecule has 0 aliphatic carbocycles. The fourth-order valence-electron chi connectivity index (χ4n) is 1.71. The maximum absolute atomic E-state index is 13.1. The Kier molecular flexibility index (Phi) is 3.01. The monoisotopic (exact) mass is 273 g/mol. The second-order valence-corrected chi connectivity index (χ2v) is 3.92. The van der Waals surface area contributed by atoms with Crippen LogP contribution >= 0.6 is 0 Å². The number of ether oxygens (including phenoxy) is 2. The Morgan fingerprint density at radius 1 is 1.37 bits per heavy atom. The van der Waals surface area contributed by atoms with E-state index in [1.807, 2.05) is 0 Å². The van der Waals surface area contributed by atoms with Crippen molar-refractivity contribution in [1.29, 1.82) is 0 Å². The first-order chi connectivity index (χ1) is 8.79. The van der Waals surface area contributed by atoms with Crippen molar-refractivity contribution in [1.82, 2.24) is 0 Å². The summed E-state index contributed by atoms with van der Waals surface area (Å²) in [6.45, 7) is 0. The van der Waals surface area contributed by atoms with Gasteiger partial charge in [0.15, 0.2) is 0 Å². The van der Waals surface area contributed by atoms with Crippen molar-refractivity contribution in [3.05, 3.63) is 35.4 Å². The van der Waals surface area contributed by atoms with Gasteiger partial charge in [-0.05, 0) is 12.1 Å². The molecule has 2 rings (SSSR count). The predicted molar refractivity (Wildman–Crippen MR) is 60.0 cm³/mol. The molecule has 1 aliphatic heterocycles. The van der Waals surface area contributed by atoms with Crippen molar-refractivity contribution in [3.63, 3.8) is 0 Å². The Morgan fingerprint density at radius 2 is 2.00 bits per heavy atom. The van der Waals surface area contributed by atoms with E-state index in [0.29, 0.717) is 5.56 Å². The second kappa shape index (κ2) is 4.27. The van der Waals surface area contributed by atoms with Gasteiger partial charge in [0, 0.05) is 5.56 Å². The highest BCUT2D eigenvalue weighted by Gasteiger charge is 2.61. The summed E-state index contributed by atoms with van der Waals surface area (Å²) in [6.07, 6.45) is -3.93. The molecule has 0 saturated heterocycles. The van der Waals surface area contributed by atoms with Crippen LogP contribution in [0.2, 0.25) is 0 Å². The molecule has 19 heavy (non-hydrogen) atoms. The average molecular weight is 273 g/mol. The normalized spacial score (nSPS) is 22.1. The molecule has 102 valence electrons. The molecule has 1 heterocycles. The smallest absolute Gasteiger partial charge is 0.447 e. The number of halogens is 3. The molecule has 1 unspecified atom stereocenters. The van der Waals surface area contributed by atoms with Gasteiger partial charge in [0.2, 0.25) is 0 Å². The van der Waals surface area contributed by atoms with Crippen LogP contribution in [0, 0.1) is 0 Å². The topological polar surface area (TPSA) is 61.5 Å². The van der Waals surface area contributed by atoms with Crippen LogP contribution in [0.1, 0.15) is 5.56 Å². The molecule has 1 aromatic rings. The van der Waals surface area contributed by atoms with Crippen molar-refractivity contribution >= 4 is 12.0 Å². The van der Waals surface area contributed by atoms with Crippen LogP contribution in [0.15, 0.2) is 29.8 Å². The summed E-state index contributed by atoms with van der Waals surface area (Å²) >= 11 is 0. The lowest BCUT2D eigenvalue weighted by molar-refractivity contribution is -0.233. The molecule has 0 saturated carbocycles. The molecule has 7 heteroatoms. The molecule has 1 aromatic carbocycles. The van der Waals surface area contributed by atoms with Crippen LogP contribution in [0.3, 0.4) is 0 Å². The third-order valence-corrected chi connectivity index (χ3v) is 2.72. The number of rotatable bonds is 1. The van der Waals surface area contributed by atoms with Crippen molar-refractivity contribution in [3.8, 4) is 5.75 Å². The van der Waals surface area contributed by atoms with Crippen LogP contribution < -0.4 is 10.5 Å². The van der Waals surface area contributed by atoms with Crippen LogP contribution in [0.5, 0.6) is 5.75 Å². The molecule has 1 aliphatic rings. The molecule has 0 bridgehead atoms. The Labute approximate surface area is 106 Å². The largest absolute Gasteiger partial charge is 0.465 e. The molecule has 1 atom stereocenters. The number of methoxy groups -OCH3 is 1. The summed E-state index contributed by atoms with van der Waals surface area (Å²) in [4.78, 5) is 11.5. The molecule has 0 aromatic heterocycles. The number of benzene rings is 1. The first-order valence-corrected chi connectivity index (χ1v) is 5.24. The van der Waals surface area contributed by atoms with Gasteiger partial charge in [0.25, 0.3) is 5.72 Å². The van der Waals surface area contributed by atoms with E-state index in [0.717, 1.165) is 13.2 Å². The quantitative estimate of drug-likeness (QED) is 0.793. The fraction of sp³-hybridized carbons (Fsp3) is 0.250. The van der Waals surface area contributed by atoms with Gasteiger partial charge in [0.1, 0.15) is 11.3 Å². The number of alkyl halides is 3. The van der Waals surface area contributed by atoms with Crippen molar-refractivity contribution in [2.45, 2.75) is 11.9 Å². The molecular weight excluding hydrogens is 263 g/mol. The molecule has 0 fully saturated rings. The van der Waals surface area contributed by atoms with Gasteiger partial charge in [-0.25, -0.2) is 4.79 Å². The summed E-state index contributed by atoms with van der Waals surface area (Å²) in [5, 5.41) is 0. The summed E-state index contributed by atoms with van der Waals surface area (Å²) in [5.41, 5.74) is 1.58. The summed E-state index contributed by atoms with van der Waals surface area (Å²) in [7, 11) is 0.973. The van der Waals surface area contributed by atoms with E-state index in [1.54, 1.807) is 6.07 Å². The molecular formula is C12H10F3NO3. The zero-order chi connectivity index (χ0) is 14.3. The molecule has 0 amide bonds. The lowest BCUT2D eigenvalue weighted by atomic mass is 9.96. The SMILES string of the molecule is COC(=O)C1=Cc2ccccc2OC1(N)C(F)(F)F. The van der Waals surface area contributed by atoms with Crippen LogP contribution in [-0.4, -0.2) is 25.0 Å². The van der Waals surface area contributed by atoms with E-state index >= 15 is 0 Å². The fourth-order valence-corrected chi connectivity index (χ4v) is 1.71. The molecule has 4 nitrogen and oxygen atoms in total. The number of fused-ring (bicyclic) bond motifs is 1. The minimum Gasteiger partial charge on any atom is -0.465 e. The Morgan fingerprint density at radius 3 is 2.58 bits per heavy atom. The summed E-state index contributed by atoms with van der Waals surface area (Å²) in [6, 6.07) is 5.96. The van der Waals surface area contributed by atoms with Gasteiger partial charge >= 0.3 is 12.1 Å². The van der Waals surface area contributed by atoms with Gasteiger partial charge in [-0.15, -0.1) is 0 Å². The molecule has 0 spiro atoms. The minimum atomic E-state index is -4.96. The number of hydrogen-bond donors (Lipinski definition) is 1. The predicted octanol–water partition coefficient (Wildman–Crippen LogP) is 1.85. The lowest BCUT2D eigenvalue weighted by Crippen LogP contribution is -2.61. The highest BCUT2D eigenvalue weighted by atomic mass is 19.4. The van der Waals surface area contributed by atoms with E-state index in [4.69, 9.17) is 10.5 Å². The van der Waals surface area contributed by atoms with Crippen LogP contribution in [0.4, 0.5) is 13.2 Å². The zero-order valence-corrected chi connectivity index (χ0v) is 9.82. The van der Waals surface area contributed by atoms with E-state index in [9.17, 15) is 18.0 Å². The maximum atomic E-state index is 13.1. The van der Waals surface area contributed by atoms with Gasteiger partial charge in [-0.2, -0.15) is 13.2 Å². The van der Waals surface area contributed by atoms with E-state index in [-0.39, 0.29) is 5.75 Å². The van der Waals surface area contributed by atoms with Crippen LogP contribution in [-0.2, 0) is 9.53 Å². The van der Waals surface area contributed by atoms with Crippen molar-refractivity contribution in [2.75, 3.05) is 7.11 Å². The Bertz CT molecular complexity index is 553. The van der Waals surface area contributed by atoms with E-state index in [1.165, 1.54) is 18.2 Å². The summed E-state index contributed by atoms with van der Waals surface area (Å²) < 4.78 is 48.3. The lowest BCUT2D eigenvalue weighted by Gasteiger charge is -2.36. The second-order valence-electron chi connectivity index (χ2n) is 3.92. The van der Waals surface area contributed by atoms with Crippen molar-refractivity contribution in [2.24, 2.45) is 5.73 Å². The highest BCUT2D eigenvalue weighted by Crippen LogP contribution is 2.42. The minimum absolute atomic E-state index is 0.0463. The van der Waals surface area contributed by atoms with Gasteiger partial charge in [-0.1, -0.05) is 18.2 Å². The first kappa shape index (κ1) is 13.4. The highest BCUT2D eigenvalue weighted by molar-refractivity contribution is 5.97. The standard InChI is InChI=1S/C12H10F3NO3/c1-18-10(17)8-6-7-4-2-3-5-9(7)19-11(8,16)12(13,14)15/h2-6H,16H2,1H3. The maximum Gasteiger partial charge on any atom is 0.447 e. The first-order valence-electron chi connectivity index (χ1n) is 5.24. The number of para-hydroxylation sites is 1. The third kappa shape index (κ3) is 2.06. The number of hydrogen-bond acceptors (Lipinski definition) is 4. The number of esters is 1. The van der Waals surface area contributed by atoms with E-state index in [2.05, 4.69) is 4.74 Å². The van der Waals surface area contributed by atoms with Crippen LogP contribution in [0.25, 0.3) is 6.08 Å². The van der Waals surface area contributed by atoms with Gasteiger partial charge in [0.05, 0.1) is 7.11 Å².